The van der Waals surface area contributed by atoms with Gasteiger partial charge in [-0.3, -0.25) is 14.5 Å². The number of anilines is 1. The molecule has 26 heavy (non-hydrogen) atoms. The highest BCUT2D eigenvalue weighted by atomic mass is 32.2. The van der Waals surface area contributed by atoms with Crippen molar-refractivity contribution in [2.45, 2.75) is 35.1 Å². The molecule has 0 aliphatic carbocycles. The largest absolute Gasteiger partial charge is 0.368 e. The number of hydrogen-bond donors (Lipinski definition) is 2. The average Bonchev–Trinajstić information content (AvgIpc) is 2.64. The fourth-order valence-corrected chi connectivity index (χ4v) is 4.07. The Bertz CT molecular complexity index is 767. The van der Waals surface area contributed by atoms with E-state index >= 15 is 0 Å². The highest BCUT2D eigenvalue weighted by Gasteiger charge is 2.28. The van der Waals surface area contributed by atoms with Crippen LogP contribution < -0.4 is 11.1 Å². The Labute approximate surface area is 157 Å². The maximum atomic E-state index is 12.5. The first-order valence-corrected chi connectivity index (χ1v) is 9.60. The van der Waals surface area contributed by atoms with Crippen molar-refractivity contribution in [1.29, 1.82) is 0 Å². The van der Waals surface area contributed by atoms with E-state index in [0.717, 1.165) is 41.3 Å². The Morgan fingerprint density at radius 3 is 2.58 bits per heavy atom. The molecule has 0 aromatic heterocycles. The second kappa shape index (κ2) is 8.87. The summed E-state index contributed by atoms with van der Waals surface area (Å²) < 4.78 is 0. The molecule has 1 aliphatic heterocycles. The summed E-state index contributed by atoms with van der Waals surface area (Å²) in [7, 11) is 0. The van der Waals surface area contributed by atoms with Crippen LogP contribution in [0.1, 0.15) is 19.3 Å². The SMILES string of the molecule is NC(=O)[C@@H]1CCCCN1CC(=O)Nc1ccccc1Sc1ccccc1. The summed E-state index contributed by atoms with van der Waals surface area (Å²) in [6.07, 6.45) is 2.68. The van der Waals surface area contributed by atoms with Gasteiger partial charge in [-0.15, -0.1) is 0 Å². The van der Waals surface area contributed by atoms with Gasteiger partial charge in [0.25, 0.3) is 0 Å². The molecule has 1 saturated heterocycles. The molecule has 5 nitrogen and oxygen atoms in total. The normalized spacial score (nSPS) is 17.6. The third kappa shape index (κ3) is 4.86. The molecule has 2 amide bonds. The Morgan fingerprint density at radius 1 is 1.08 bits per heavy atom. The highest BCUT2D eigenvalue weighted by Crippen LogP contribution is 2.33. The first kappa shape index (κ1) is 18.5. The van der Waals surface area contributed by atoms with E-state index in [0.29, 0.717) is 0 Å². The van der Waals surface area contributed by atoms with E-state index in [9.17, 15) is 9.59 Å². The van der Waals surface area contributed by atoms with Crippen LogP contribution in [0.4, 0.5) is 5.69 Å². The van der Waals surface area contributed by atoms with Crippen LogP contribution in [0.25, 0.3) is 0 Å². The number of para-hydroxylation sites is 1. The first-order chi connectivity index (χ1) is 12.6. The number of nitrogens with zero attached hydrogens (tertiary/aromatic N) is 1. The van der Waals surface area contributed by atoms with Crippen molar-refractivity contribution in [2.75, 3.05) is 18.4 Å². The summed E-state index contributed by atoms with van der Waals surface area (Å²) >= 11 is 1.61. The van der Waals surface area contributed by atoms with Gasteiger partial charge in [-0.25, -0.2) is 0 Å². The van der Waals surface area contributed by atoms with E-state index in [1.807, 2.05) is 59.5 Å². The van der Waals surface area contributed by atoms with Gasteiger partial charge in [0.05, 0.1) is 18.3 Å². The molecular formula is C20H23N3O2S. The zero-order valence-electron chi connectivity index (χ0n) is 14.6. The number of carbonyl (C=O) groups excluding carboxylic acids is 2. The smallest absolute Gasteiger partial charge is 0.238 e. The van der Waals surface area contributed by atoms with Crippen LogP contribution in [0.2, 0.25) is 0 Å². The fraction of sp³-hybridized carbons (Fsp3) is 0.300. The lowest BCUT2D eigenvalue weighted by atomic mass is 10.0. The summed E-state index contributed by atoms with van der Waals surface area (Å²) in [5.41, 5.74) is 6.26. The molecule has 6 heteroatoms. The maximum Gasteiger partial charge on any atom is 0.238 e. The molecule has 0 spiro atoms. The quantitative estimate of drug-likeness (QED) is 0.820. The van der Waals surface area contributed by atoms with E-state index in [4.69, 9.17) is 5.73 Å². The van der Waals surface area contributed by atoms with Crippen LogP contribution in [-0.2, 0) is 9.59 Å². The van der Waals surface area contributed by atoms with Gasteiger partial charge in [0.1, 0.15) is 0 Å². The van der Waals surface area contributed by atoms with Crippen LogP contribution in [0.15, 0.2) is 64.4 Å². The van der Waals surface area contributed by atoms with Crippen molar-refractivity contribution < 1.29 is 9.59 Å². The Kier molecular flexibility index (Phi) is 6.30. The van der Waals surface area contributed by atoms with Gasteiger partial charge in [-0.2, -0.15) is 0 Å². The molecular weight excluding hydrogens is 346 g/mol. The predicted octanol–water partition coefficient (Wildman–Crippen LogP) is 3.12. The van der Waals surface area contributed by atoms with Crippen LogP contribution in [-0.4, -0.2) is 35.8 Å². The topological polar surface area (TPSA) is 75.4 Å². The molecule has 136 valence electrons. The molecule has 1 heterocycles. The third-order valence-electron chi connectivity index (χ3n) is 4.42. The Morgan fingerprint density at radius 2 is 1.81 bits per heavy atom. The molecule has 0 radical (unpaired) electrons. The van der Waals surface area contributed by atoms with E-state index in [1.54, 1.807) is 11.8 Å². The lowest BCUT2D eigenvalue weighted by Crippen LogP contribution is -2.50. The molecule has 3 N–H and O–H groups in total. The number of nitrogens with one attached hydrogen (secondary N) is 1. The Hall–Kier alpha value is -2.31. The molecule has 1 fully saturated rings. The molecule has 2 aromatic carbocycles. The monoisotopic (exact) mass is 369 g/mol. The summed E-state index contributed by atoms with van der Waals surface area (Å²) in [6, 6.07) is 17.4. The van der Waals surface area contributed by atoms with Gasteiger partial charge >= 0.3 is 0 Å². The van der Waals surface area contributed by atoms with E-state index < -0.39 is 0 Å². The van der Waals surface area contributed by atoms with Gasteiger partial charge in [-0.1, -0.05) is 48.5 Å². The van der Waals surface area contributed by atoms with Crippen molar-refractivity contribution >= 4 is 29.3 Å². The number of amides is 2. The van der Waals surface area contributed by atoms with Crippen molar-refractivity contribution in [1.82, 2.24) is 4.90 Å². The summed E-state index contributed by atoms with van der Waals surface area (Å²) in [6.45, 7) is 0.902. The van der Waals surface area contributed by atoms with Crippen LogP contribution >= 0.6 is 11.8 Å². The van der Waals surface area contributed by atoms with Crippen LogP contribution in [0, 0.1) is 0 Å². The number of benzene rings is 2. The molecule has 1 atom stereocenters. The van der Waals surface area contributed by atoms with E-state index in [1.165, 1.54) is 0 Å². The number of likely N-dealkylation sites (tertiary alicyclic amines) is 1. The minimum absolute atomic E-state index is 0.126. The second-order valence-corrected chi connectivity index (χ2v) is 7.46. The first-order valence-electron chi connectivity index (χ1n) is 8.78. The third-order valence-corrected chi connectivity index (χ3v) is 5.50. The van der Waals surface area contributed by atoms with Gasteiger partial charge in [-0.05, 0) is 43.7 Å². The molecule has 0 bridgehead atoms. The van der Waals surface area contributed by atoms with Crippen LogP contribution in [0.5, 0.6) is 0 Å². The molecule has 1 aliphatic rings. The standard InChI is InChI=1S/C20H23N3O2S/c21-20(25)17-11-6-7-13-23(17)14-19(24)22-16-10-4-5-12-18(16)26-15-8-2-1-3-9-15/h1-5,8-10,12,17H,6-7,11,13-14H2,(H2,21,25)(H,22,24)/t17-/m0/s1. The summed E-state index contributed by atoms with van der Waals surface area (Å²) in [5, 5.41) is 2.98. The molecule has 3 rings (SSSR count). The summed E-state index contributed by atoms with van der Waals surface area (Å²) in [4.78, 5) is 28.1. The number of primary amides is 1. The molecule has 0 unspecified atom stereocenters. The lowest BCUT2D eigenvalue weighted by Gasteiger charge is -2.32. The summed E-state index contributed by atoms with van der Waals surface area (Å²) in [5.74, 6) is -0.475. The second-order valence-electron chi connectivity index (χ2n) is 6.34. The number of nitrogens with two attached hydrogens (primary N) is 1. The fourth-order valence-electron chi connectivity index (χ4n) is 3.15. The molecule has 2 aromatic rings. The number of rotatable bonds is 6. The van der Waals surface area contributed by atoms with Gasteiger partial charge < -0.3 is 11.1 Å². The zero-order valence-corrected chi connectivity index (χ0v) is 15.4. The van der Waals surface area contributed by atoms with Crippen molar-refractivity contribution in [3.63, 3.8) is 0 Å². The van der Waals surface area contributed by atoms with Gasteiger partial charge in [0.2, 0.25) is 11.8 Å². The van der Waals surface area contributed by atoms with Crippen molar-refractivity contribution in [3.8, 4) is 0 Å². The predicted molar refractivity (Wildman–Crippen MR) is 104 cm³/mol. The zero-order chi connectivity index (χ0) is 18.4. The minimum Gasteiger partial charge on any atom is -0.368 e. The highest BCUT2D eigenvalue weighted by molar-refractivity contribution is 7.99. The van der Waals surface area contributed by atoms with E-state index in [-0.39, 0.29) is 24.4 Å². The van der Waals surface area contributed by atoms with E-state index in [2.05, 4.69) is 5.32 Å². The number of piperidine rings is 1. The van der Waals surface area contributed by atoms with Gasteiger partial charge in [0, 0.05) is 9.79 Å². The maximum absolute atomic E-state index is 12.5. The minimum atomic E-state index is -0.350. The number of carbonyl (C=O) groups is 2. The van der Waals surface area contributed by atoms with Gasteiger partial charge in [0.15, 0.2) is 0 Å². The lowest BCUT2D eigenvalue weighted by molar-refractivity contribution is -0.126. The van der Waals surface area contributed by atoms with Crippen molar-refractivity contribution in [3.05, 3.63) is 54.6 Å². The number of hydrogen-bond acceptors (Lipinski definition) is 4. The Balaban J connectivity index is 1.66. The van der Waals surface area contributed by atoms with Crippen LogP contribution in [0.3, 0.4) is 0 Å². The molecule has 0 saturated carbocycles. The average molecular weight is 369 g/mol. The van der Waals surface area contributed by atoms with Crippen molar-refractivity contribution in [2.24, 2.45) is 5.73 Å².